The van der Waals surface area contributed by atoms with Gasteiger partial charge in [0.25, 0.3) is 5.91 Å². The first-order chi connectivity index (χ1) is 15.0. The van der Waals surface area contributed by atoms with Gasteiger partial charge in [-0.1, -0.05) is 18.2 Å². The van der Waals surface area contributed by atoms with Gasteiger partial charge in [-0.05, 0) is 55.8 Å². The second kappa shape index (κ2) is 11.6. The van der Waals surface area contributed by atoms with E-state index in [2.05, 4.69) is 22.0 Å². The molecule has 8 heteroatoms. The number of carbonyl (C=O) groups excluding carboxylic acids is 1. The average molecular weight is 434 g/mol. The Kier molecular flexibility index (Phi) is 8.61. The van der Waals surface area contributed by atoms with E-state index in [4.69, 9.17) is 9.47 Å². The zero-order valence-corrected chi connectivity index (χ0v) is 17.6. The SMILES string of the molecule is CN(CCOc1cccc(CNC(=O)c2cccc(OC(F)F)c2)c1)C1CCOCC1. The van der Waals surface area contributed by atoms with E-state index in [9.17, 15) is 13.6 Å². The summed E-state index contributed by atoms with van der Waals surface area (Å²) in [5, 5.41) is 2.78. The number of rotatable bonds is 10. The molecule has 1 amide bonds. The lowest BCUT2D eigenvalue weighted by Crippen LogP contribution is -2.38. The Morgan fingerprint density at radius 3 is 2.68 bits per heavy atom. The van der Waals surface area contributed by atoms with Gasteiger partial charge in [0.05, 0.1) is 0 Å². The van der Waals surface area contributed by atoms with Crippen LogP contribution in [0.1, 0.15) is 28.8 Å². The molecule has 6 nitrogen and oxygen atoms in total. The van der Waals surface area contributed by atoms with E-state index in [1.165, 1.54) is 18.2 Å². The number of nitrogens with zero attached hydrogens (tertiary/aromatic N) is 1. The summed E-state index contributed by atoms with van der Waals surface area (Å²) in [6.07, 6.45) is 2.09. The van der Waals surface area contributed by atoms with Crippen LogP contribution in [0.3, 0.4) is 0 Å². The van der Waals surface area contributed by atoms with Crippen LogP contribution in [0.2, 0.25) is 0 Å². The fourth-order valence-corrected chi connectivity index (χ4v) is 3.46. The number of halogens is 2. The molecule has 168 valence electrons. The lowest BCUT2D eigenvalue weighted by atomic mass is 10.1. The normalized spacial score (nSPS) is 14.6. The maximum atomic E-state index is 12.3. The number of nitrogens with one attached hydrogen (secondary N) is 1. The summed E-state index contributed by atoms with van der Waals surface area (Å²) in [4.78, 5) is 14.6. The molecule has 31 heavy (non-hydrogen) atoms. The summed E-state index contributed by atoms with van der Waals surface area (Å²) >= 11 is 0. The van der Waals surface area contributed by atoms with Crippen LogP contribution in [0, 0.1) is 0 Å². The van der Waals surface area contributed by atoms with Crippen molar-refractivity contribution in [2.45, 2.75) is 32.0 Å². The molecule has 0 aromatic heterocycles. The summed E-state index contributed by atoms with van der Waals surface area (Å²) in [6.45, 7) is 0.374. The highest BCUT2D eigenvalue weighted by molar-refractivity contribution is 5.94. The molecule has 1 heterocycles. The molecule has 0 bridgehead atoms. The highest BCUT2D eigenvalue weighted by Gasteiger charge is 2.18. The zero-order valence-electron chi connectivity index (χ0n) is 17.6. The van der Waals surface area contributed by atoms with Gasteiger partial charge in [0.1, 0.15) is 18.1 Å². The third-order valence-corrected chi connectivity index (χ3v) is 5.20. The van der Waals surface area contributed by atoms with Crippen molar-refractivity contribution in [3.05, 3.63) is 59.7 Å². The number of likely N-dealkylation sites (N-methyl/N-ethyl adjacent to an activating group) is 1. The van der Waals surface area contributed by atoms with Gasteiger partial charge in [0, 0.05) is 37.9 Å². The highest BCUT2D eigenvalue weighted by Crippen LogP contribution is 2.17. The molecule has 1 aliphatic rings. The van der Waals surface area contributed by atoms with Crippen molar-refractivity contribution >= 4 is 5.91 Å². The van der Waals surface area contributed by atoms with Gasteiger partial charge in [0.15, 0.2) is 0 Å². The van der Waals surface area contributed by atoms with Crippen LogP contribution in [-0.2, 0) is 11.3 Å². The van der Waals surface area contributed by atoms with E-state index >= 15 is 0 Å². The molecule has 1 N–H and O–H groups in total. The Labute approximate surface area is 181 Å². The van der Waals surface area contributed by atoms with Crippen LogP contribution in [-0.4, -0.2) is 56.9 Å². The Bertz CT molecular complexity index is 844. The summed E-state index contributed by atoms with van der Waals surface area (Å²) in [7, 11) is 2.10. The van der Waals surface area contributed by atoms with E-state index in [-0.39, 0.29) is 23.8 Å². The first-order valence-corrected chi connectivity index (χ1v) is 10.3. The molecule has 1 saturated heterocycles. The highest BCUT2D eigenvalue weighted by atomic mass is 19.3. The molecule has 0 spiro atoms. The number of benzene rings is 2. The first kappa shape index (κ1) is 23.0. The van der Waals surface area contributed by atoms with Gasteiger partial charge in [-0.2, -0.15) is 8.78 Å². The van der Waals surface area contributed by atoms with Crippen molar-refractivity contribution in [2.24, 2.45) is 0 Å². The predicted octanol–water partition coefficient (Wildman–Crippen LogP) is 3.71. The fraction of sp³-hybridized carbons (Fsp3) is 0.435. The Hall–Kier alpha value is -2.71. The zero-order chi connectivity index (χ0) is 22.1. The number of hydrogen-bond acceptors (Lipinski definition) is 5. The van der Waals surface area contributed by atoms with E-state index < -0.39 is 6.61 Å². The second-order valence-electron chi connectivity index (χ2n) is 7.41. The van der Waals surface area contributed by atoms with Gasteiger partial charge in [-0.15, -0.1) is 0 Å². The van der Waals surface area contributed by atoms with Crippen LogP contribution in [0.4, 0.5) is 8.78 Å². The van der Waals surface area contributed by atoms with Gasteiger partial charge in [-0.3, -0.25) is 9.69 Å². The molecule has 3 rings (SSSR count). The van der Waals surface area contributed by atoms with Gasteiger partial charge < -0.3 is 19.5 Å². The smallest absolute Gasteiger partial charge is 0.387 e. The minimum absolute atomic E-state index is 0.0521. The topological polar surface area (TPSA) is 60.0 Å². The minimum atomic E-state index is -2.93. The van der Waals surface area contributed by atoms with E-state index in [0.29, 0.717) is 12.6 Å². The summed E-state index contributed by atoms with van der Waals surface area (Å²) in [5.74, 6) is 0.312. The monoisotopic (exact) mass is 434 g/mol. The predicted molar refractivity (Wildman–Crippen MR) is 113 cm³/mol. The number of ether oxygens (including phenoxy) is 3. The standard InChI is InChI=1S/C23H28F2N2O4/c1-27(19-8-11-29-12-9-19)10-13-30-20-6-2-4-17(14-20)16-26-22(28)18-5-3-7-21(15-18)31-23(24)25/h2-7,14-15,19,23H,8-13,16H2,1H3,(H,26,28). The minimum Gasteiger partial charge on any atom is -0.492 e. The summed E-state index contributed by atoms with van der Waals surface area (Å²) < 4.78 is 40.3. The van der Waals surface area contributed by atoms with Crippen molar-refractivity contribution in [1.82, 2.24) is 10.2 Å². The van der Waals surface area contributed by atoms with Crippen LogP contribution in [0.5, 0.6) is 11.5 Å². The van der Waals surface area contributed by atoms with Crippen LogP contribution in [0.15, 0.2) is 48.5 Å². The fourth-order valence-electron chi connectivity index (χ4n) is 3.46. The third-order valence-electron chi connectivity index (χ3n) is 5.20. The Morgan fingerprint density at radius 2 is 1.90 bits per heavy atom. The van der Waals surface area contributed by atoms with Gasteiger partial charge in [-0.25, -0.2) is 0 Å². The molecule has 1 fully saturated rings. The Balaban J connectivity index is 1.46. The molecule has 0 unspecified atom stereocenters. The van der Waals surface area contributed by atoms with E-state index in [0.717, 1.165) is 43.9 Å². The quantitative estimate of drug-likeness (QED) is 0.618. The second-order valence-corrected chi connectivity index (χ2v) is 7.41. The summed E-state index contributed by atoms with van der Waals surface area (Å²) in [6, 6.07) is 13.8. The number of carbonyl (C=O) groups is 1. The molecule has 0 radical (unpaired) electrons. The molecule has 1 aliphatic heterocycles. The molecule has 0 aliphatic carbocycles. The van der Waals surface area contributed by atoms with Gasteiger partial charge >= 0.3 is 6.61 Å². The van der Waals surface area contributed by atoms with Crippen LogP contribution < -0.4 is 14.8 Å². The largest absolute Gasteiger partial charge is 0.492 e. The van der Waals surface area contributed by atoms with Crippen molar-refractivity contribution in [2.75, 3.05) is 33.4 Å². The van der Waals surface area contributed by atoms with Crippen molar-refractivity contribution in [3.8, 4) is 11.5 Å². The van der Waals surface area contributed by atoms with Crippen molar-refractivity contribution in [1.29, 1.82) is 0 Å². The lowest BCUT2D eigenvalue weighted by Gasteiger charge is -2.31. The summed E-state index contributed by atoms with van der Waals surface area (Å²) in [5.41, 5.74) is 1.13. The number of hydrogen-bond donors (Lipinski definition) is 1. The number of alkyl halides is 2. The maximum Gasteiger partial charge on any atom is 0.387 e. The first-order valence-electron chi connectivity index (χ1n) is 10.3. The molecule has 2 aromatic rings. The van der Waals surface area contributed by atoms with Crippen molar-refractivity contribution in [3.63, 3.8) is 0 Å². The Morgan fingerprint density at radius 1 is 1.16 bits per heavy atom. The number of amides is 1. The van der Waals surface area contributed by atoms with E-state index in [1.54, 1.807) is 6.07 Å². The van der Waals surface area contributed by atoms with Crippen LogP contribution in [0.25, 0.3) is 0 Å². The molecule has 2 aromatic carbocycles. The van der Waals surface area contributed by atoms with Gasteiger partial charge in [0.2, 0.25) is 0 Å². The molecule has 0 saturated carbocycles. The lowest BCUT2D eigenvalue weighted by molar-refractivity contribution is -0.0498. The molecular weight excluding hydrogens is 406 g/mol. The van der Waals surface area contributed by atoms with E-state index in [1.807, 2.05) is 24.3 Å². The molecular formula is C23H28F2N2O4. The van der Waals surface area contributed by atoms with Crippen LogP contribution >= 0.6 is 0 Å². The average Bonchev–Trinajstić information content (AvgIpc) is 2.78. The maximum absolute atomic E-state index is 12.3. The molecule has 0 atom stereocenters. The van der Waals surface area contributed by atoms with Crippen molar-refractivity contribution < 1.29 is 27.8 Å². The third kappa shape index (κ3) is 7.48.